The van der Waals surface area contributed by atoms with Crippen molar-refractivity contribution in [1.29, 1.82) is 0 Å². The van der Waals surface area contributed by atoms with E-state index >= 15 is 0 Å². The third-order valence-corrected chi connectivity index (χ3v) is 4.49. The van der Waals surface area contributed by atoms with Gasteiger partial charge in [0.2, 0.25) is 5.91 Å². The zero-order valence-corrected chi connectivity index (χ0v) is 12.5. The fourth-order valence-electron chi connectivity index (χ4n) is 2.64. The first kappa shape index (κ1) is 14.2. The van der Waals surface area contributed by atoms with Crippen LogP contribution in [-0.2, 0) is 16.0 Å². The number of hydrogen-bond donors (Lipinski definition) is 1. The predicted molar refractivity (Wildman–Crippen MR) is 82.1 cm³/mol. The highest BCUT2D eigenvalue weighted by Crippen LogP contribution is 2.28. The van der Waals surface area contributed by atoms with Gasteiger partial charge in [-0.1, -0.05) is 6.07 Å². The topological polar surface area (TPSA) is 51.2 Å². The van der Waals surface area contributed by atoms with E-state index in [1.807, 2.05) is 29.6 Å². The lowest BCUT2D eigenvalue weighted by atomic mass is 9.96. The number of nitrogens with one attached hydrogen (secondary N) is 1. The molecule has 1 amide bonds. The van der Waals surface area contributed by atoms with Crippen LogP contribution in [0.5, 0.6) is 0 Å². The molecule has 0 aromatic carbocycles. The zero-order valence-electron chi connectivity index (χ0n) is 11.7. The lowest BCUT2D eigenvalue weighted by Crippen LogP contribution is -2.43. The third-order valence-electron chi connectivity index (χ3n) is 3.62. The number of rotatable bonds is 4. The number of ether oxygens (including phenoxy) is 1. The molecule has 0 aliphatic carbocycles. The van der Waals surface area contributed by atoms with Crippen LogP contribution in [0.3, 0.4) is 0 Å². The van der Waals surface area contributed by atoms with Crippen molar-refractivity contribution in [2.24, 2.45) is 0 Å². The number of thiophene rings is 1. The minimum absolute atomic E-state index is 0.0358. The van der Waals surface area contributed by atoms with Crippen molar-refractivity contribution in [3.05, 3.63) is 52.5 Å². The fourth-order valence-corrected chi connectivity index (χ4v) is 3.34. The molecule has 0 bridgehead atoms. The highest BCUT2D eigenvalue weighted by molar-refractivity contribution is 7.10. The largest absolute Gasteiger partial charge is 0.371 e. The van der Waals surface area contributed by atoms with Gasteiger partial charge < -0.3 is 10.1 Å². The zero-order chi connectivity index (χ0) is 14.5. The van der Waals surface area contributed by atoms with E-state index in [1.54, 1.807) is 23.7 Å². The van der Waals surface area contributed by atoms with Gasteiger partial charge in [-0.25, -0.2) is 0 Å². The fraction of sp³-hybridized carbons (Fsp3) is 0.375. The van der Waals surface area contributed by atoms with Gasteiger partial charge in [0.05, 0.1) is 12.5 Å². The molecular weight excluding hydrogens is 284 g/mol. The third kappa shape index (κ3) is 3.68. The Morgan fingerprint density at radius 2 is 2.24 bits per heavy atom. The molecule has 21 heavy (non-hydrogen) atoms. The first-order valence-corrected chi connectivity index (χ1v) is 8.04. The summed E-state index contributed by atoms with van der Waals surface area (Å²) in [5.74, 6) is 0.0620. The molecule has 2 aromatic rings. The van der Waals surface area contributed by atoms with E-state index < -0.39 is 0 Å². The lowest BCUT2D eigenvalue weighted by Gasteiger charge is -2.32. The van der Waals surface area contributed by atoms with Gasteiger partial charge in [0.15, 0.2) is 0 Å². The molecule has 3 rings (SSSR count). The van der Waals surface area contributed by atoms with Crippen LogP contribution in [-0.4, -0.2) is 23.5 Å². The first-order valence-electron chi connectivity index (χ1n) is 7.16. The van der Waals surface area contributed by atoms with Crippen LogP contribution in [0, 0.1) is 0 Å². The van der Waals surface area contributed by atoms with E-state index in [1.165, 1.54) is 0 Å². The number of amides is 1. The Balaban J connectivity index is 1.66. The Hall–Kier alpha value is -1.72. The average Bonchev–Trinajstić information content (AvgIpc) is 3.01. The standard InChI is InChI=1S/C16H18N2O2S/c19-15(11-13-3-2-10-21-13)18-14-4-1-9-20-16(14)12-5-7-17-8-6-12/h2-3,5-8,10,14,16H,1,4,9,11H2,(H,18,19)/t14-,16+/m0/s1. The second-order valence-corrected chi connectivity index (χ2v) is 6.18. The molecule has 1 N–H and O–H groups in total. The van der Waals surface area contributed by atoms with Crippen molar-refractivity contribution < 1.29 is 9.53 Å². The smallest absolute Gasteiger partial charge is 0.225 e. The number of pyridine rings is 1. The minimum atomic E-state index is -0.0750. The molecule has 2 aromatic heterocycles. The van der Waals surface area contributed by atoms with E-state index in [4.69, 9.17) is 4.74 Å². The molecule has 0 saturated carbocycles. The summed E-state index contributed by atoms with van der Waals surface area (Å²) in [5, 5.41) is 5.12. The van der Waals surface area contributed by atoms with Gasteiger partial charge in [0.25, 0.3) is 0 Å². The van der Waals surface area contributed by atoms with Crippen molar-refractivity contribution in [3.8, 4) is 0 Å². The Morgan fingerprint density at radius 1 is 1.38 bits per heavy atom. The molecule has 0 unspecified atom stereocenters. The summed E-state index contributed by atoms with van der Waals surface area (Å²) in [4.78, 5) is 17.3. The number of nitrogens with zero attached hydrogens (tertiary/aromatic N) is 1. The van der Waals surface area contributed by atoms with Crippen molar-refractivity contribution in [2.45, 2.75) is 31.4 Å². The number of carbonyl (C=O) groups is 1. The van der Waals surface area contributed by atoms with E-state index in [9.17, 15) is 4.79 Å². The maximum Gasteiger partial charge on any atom is 0.225 e. The van der Waals surface area contributed by atoms with E-state index in [2.05, 4.69) is 10.3 Å². The lowest BCUT2D eigenvalue weighted by molar-refractivity contribution is -0.123. The first-order chi connectivity index (χ1) is 10.3. The van der Waals surface area contributed by atoms with Gasteiger partial charge in [0.1, 0.15) is 6.10 Å². The van der Waals surface area contributed by atoms with Gasteiger partial charge in [-0.3, -0.25) is 9.78 Å². The monoisotopic (exact) mass is 302 g/mol. The van der Waals surface area contributed by atoms with Gasteiger partial charge in [-0.05, 0) is 42.0 Å². The van der Waals surface area contributed by atoms with Crippen LogP contribution in [0.4, 0.5) is 0 Å². The number of aromatic nitrogens is 1. The summed E-state index contributed by atoms with van der Waals surface area (Å²) in [7, 11) is 0. The van der Waals surface area contributed by atoms with Crippen LogP contribution >= 0.6 is 11.3 Å². The molecule has 4 nitrogen and oxygen atoms in total. The molecular formula is C16H18N2O2S. The van der Waals surface area contributed by atoms with Crippen LogP contribution in [0.1, 0.15) is 29.4 Å². The SMILES string of the molecule is O=C(Cc1cccs1)N[C@H]1CCCO[C@@H]1c1ccncc1. The second kappa shape index (κ2) is 6.83. The summed E-state index contributed by atoms with van der Waals surface area (Å²) in [5.41, 5.74) is 1.08. The molecule has 1 saturated heterocycles. The van der Waals surface area contributed by atoms with Crippen LogP contribution in [0.15, 0.2) is 42.0 Å². The Morgan fingerprint density at radius 3 is 3.00 bits per heavy atom. The average molecular weight is 302 g/mol. The second-order valence-electron chi connectivity index (χ2n) is 5.14. The molecule has 0 radical (unpaired) electrons. The van der Waals surface area contributed by atoms with Gasteiger partial charge >= 0.3 is 0 Å². The highest BCUT2D eigenvalue weighted by atomic mass is 32.1. The van der Waals surface area contributed by atoms with Crippen molar-refractivity contribution in [3.63, 3.8) is 0 Å². The summed E-state index contributed by atoms with van der Waals surface area (Å²) in [6.07, 6.45) is 5.82. The molecule has 110 valence electrons. The molecule has 3 heterocycles. The maximum absolute atomic E-state index is 12.2. The molecule has 2 atom stereocenters. The van der Waals surface area contributed by atoms with Gasteiger partial charge in [0, 0.05) is 23.9 Å². The Labute approximate surface area is 128 Å². The molecule has 1 aliphatic heterocycles. The van der Waals surface area contributed by atoms with Crippen LogP contribution < -0.4 is 5.32 Å². The van der Waals surface area contributed by atoms with E-state index in [-0.39, 0.29) is 18.1 Å². The molecule has 1 aliphatic rings. The summed E-state index contributed by atoms with van der Waals surface area (Å²) >= 11 is 1.61. The van der Waals surface area contributed by atoms with Crippen molar-refractivity contribution in [2.75, 3.05) is 6.61 Å². The number of carbonyl (C=O) groups excluding carboxylic acids is 1. The van der Waals surface area contributed by atoms with E-state index in [0.717, 1.165) is 29.9 Å². The molecule has 1 fully saturated rings. The van der Waals surface area contributed by atoms with Crippen molar-refractivity contribution >= 4 is 17.2 Å². The summed E-state index contributed by atoms with van der Waals surface area (Å²) in [6.45, 7) is 0.740. The molecule has 0 spiro atoms. The Kier molecular flexibility index (Phi) is 4.62. The summed E-state index contributed by atoms with van der Waals surface area (Å²) in [6, 6.07) is 7.90. The van der Waals surface area contributed by atoms with E-state index in [0.29, 0.717) is 6.42 Å². The van der Waals surface area contributed by atoms with Gasteiger partial charge in [-0.2, -0.15) is 0 Å². The van der Waals surface area contributed by atoms with Gasteiger partial charge in [-0.15, -0.1) is 11.3 Å². The highest BCUT2D eigenvalue weighted by Gasteiger charge is 2.28. The van der Waals surface area contributed by atoms with Crippen LogP contribution in [0.25, 0.3) is 0 Å². The van der Waals surface area contributed by atoms with Crippen LogP contribution in [0.2, 0.25) is 0 Å². The predicted octanol–water partition coefficient (Wildman–Crippen LogP) is 2.72. The minimum Gasteiger partial charge on any atom is -0.371 e. The van der Waals surface area contributed by atoms with Crippen molar-refractivity contribution in [1.82, 2.24) is 10.3 Å². The summed E-state index contributed by atoms with van der Waals surface area (Å²) < 4.78 is 5.87. The maximum atomic E-state index is 12.2. The number of hydrogen-bond acceptors (Lipinski definition) is 4. The molecule has 5 heteroatoms. The Bertz CT molecular complexity index is 571. The quantitative estimate of drug-likeness (QED) is 0.945. The normalized spacial score (nSPS) is 21.9.